The molecular formula is C21H18Cl2FN3O3. The highest BCUT2D eigenvalue weighted by molar-refractivity contribution is 6.40. The van der Waals surface area contributed by atoms with Crippen molar-refractivity contribution < 1.29 is 19.1 Å². The molecule has 2 aromatic carbocycles. The molecule has 156 valence electrons. The number of nitrogens with zero attached hydrogens (tertiary/aromatic N) is 2. The molecule has 0 bridgehead atoms. The van der Waals surface area contributed by atoms with E-state index >= 15 is 4.39 Å². The lowest BCUT2D eigenvalue weighted by Gasteiger charge is -2.44. The van der Waals surface area contributed by atoms with Crippen LogP contribution in [0.1, 0.15) is 37.8 Å². The predicted octanol–water partition coefficient (Wildman–Crippen LogP) is 4.62. The molecular weight excluding hydrogens is 432 g/mol. The van der Waals surface area contributed by atoms with E-state index in [4.69, 9.17) is 23.2 Å². The zero-order valence-corrected chi connectivity index (χ0v) is 17.8. The van der Waals surface area contributed by atoms with Crippen molar-refractivity contribution in [3.05, 3.63) is 63.4 Å². The highest BCUT2D eigenvalue weighted by Crippen LogP contribution is 2.56. The monoisotopic (exact) mass is 449 g/mol. The van der Waals surface area contributed by atoms with E-state index in [1.807, 2.05) is 0 Å². The summed E-state index contributed by atoms with van der Waals surface area (Å²) in [5, 5.41) is 18.7. The van der Waals surface area contributed by atoms with Gasteiger partial charge in [0.2, 0.25) is 0 Å². The van der Waals surface area contributed by atoms with Crippen LogP contribution in [-0.4, -0.2) is 33.2 Å². The molecule has 0 saturated carbocycles. The van der Waals surface area contributed by atoms with Crippen LogP contribution in [0.4, 0.5) is 10.1 Å². The molecule has 30 heavy (non-hydrogen) atoms. The highest BCUT2D eigenvalue weighted by atomic mass is 35.5. The van der Waals surface area contributed by atoms with Crippen molar-refractivity contribution in [3.8, 4) is 0 Å². The van der Waals surface area contributed by atoms with Gasteiger partial charge in [-0.25, -0.2) is 9.18 Å². The summed E-state index contributed by atoms with van der Waals surface area (Å²) in [6, 6.07) is 9.14. The van der Waals surface area contributed by atoms with Crippen LogP contribution in [-0.2, 0) is 15.1 Å². The number of carbonyl (C=O) groups excluding carboxylic acids is 1. The molecule has 2 atom stereocenters. The Kier molecular flexibility index (Phi) is 4.60. The lowest BCUT2D eigenvalue weighted by molar-refractivity contribution is -0.131. The first-order valence-corrected chi connectivity index (χ1v) is 9.92. The minimum Gasteiger partial charge on any atom is -0.477 e. The topological polar surface area (TPSA) is 82.0 Å². The molecule has 1 spiro atoms. The fourth-order valence-corrected chi connectivity index (χ4v) is 4.67. The SMILES string of the molecule is CC(C)(C)N1N=C(C(=O)O)C(c2cccc(Cl)c2F)C12C(=O)Nc1cc(Cl)ccc12. The Hall–Kier alpha value is -2.64. The lowest BCUT2D eigenvalue weighted by Crippen LogP contribution is -2.56. The molecule has 9 heteroatoms. The summed E-state index contributed by atoms with van der Waals surface area (Å²) in [6.07, 6.45) is 0. The second-order valence-corrected chi connectivity index (χ2v) is 9.10. The third kappa shape index (κ3) is 2.72. The van der Waals surface area contributed by atoms with E-state index in [9.17, 15) is 14.7 Å². The van der Waals surface area contributed by atoms with Gasteiger partial charge in [0.1, 0.15) is 5.82 Å². The second-order valence-electron chi connectivity index (χ2n) is 8.26. The number of anilines is 1. The van der Waals surface area contributed by atoms with Gasteiger partial charge < -0.3 is 10.4 Å². The zero-order valence-electron chi connectivity index (χ0n) is 16.3. The number of carboxylic acids is 1. The first-order valence-electron chi connectivity index (χ1n) is 9.17. The maximum absolute atomic E-state index is 15.2. The van der Waals surface area contributed by atoms with Crippen LogP contribution in [0, 0.1) is 5.82 Å². The first kappa shape index (κ1) is 20.6. The molecule has 0 radical (unpaired) electrons. The summed E-state index contributed by atoms with van der Waals surface area (Å²) in [4.78, 5) is 25.8. The number of amides is 1. The molecule has 0 fully saturated rings. The largest absolute Gasteiger partial charge is 0.477 e. The number of benzene rings is 2. The van der Waals surface area contributed by atoms with Crippen molar-refractivity contribution in [1.29, 1.82) is 0 Å². The Labute approximate surface area is 182 Å². The number of hydrazone groups is 1. The summed E-state index contributed by atoms with van der Waals surface area (Å²) >= 11 is 12.1. The van der Waals surface area contributed by atoms with E-state index in [1.165, 1.54) is 23.2 Å². The first-order chi connectivity index (χ1) is 14.0. The second kappa shape index (κ2) is 6.68. The van der Waals surface area contributed by atoms with Gasteiger partial charge in [-0.3, -0.25) is 9.80 Å². The van der Waals surface area contributed by atoms with Gasteiger partial charge in [0.15, 0.2) is 11.3 Å². The number of carboxylic acid groups (broad SMARTS) is 1. The number of hydrogen-bond donors (Lipinski definition) is 2. The van der Waals surface area contributed by atoms with Gasteiger partial charge in [-0.15, -0.1) is 0 Å². The van der Waals surface area contributed by atoms with Crippen LogP contribution in [0.5, 0.6) is 0 Å². The van der Waals surface area contributed by atoms with Gasteiger partial charge in [0.05, 0.1) is 16.5 Å². The Morgan fingerprint density at radius 1 is 1.27 bits per heavy atom. The third-order valence-corrected chi connectivity index (χ3v) is 5.89. The average molecular weight is 450 g/mol. The molecule has 2 N–H and O–H groups in total. The van der Waals surface area contributed by atoms with Gasteiger partial charge >= 0.3 is 5.97 Å². The number of rotatable bonds is 2. The fraction of sp³-hybridized carbons (Fsp3) is 0.286. The van der Waals surface area contributed by atoms with Crippen LogP contribution in [0.2, 0.25) is 10.0 Å². The molecule has 4 rings (SSSR count). The summed E-state index contributed by atoms with van der Waals surface area (Å²) in [7, 11) is 0. The van der Waals surface area contributed by atoms with Gasteiger partial charge in [0, 0.05) is 21.8 Å². The Bertz CT molecular complexity index is 1130. The number of halogens is 3. The Morgan fingerprint density at radius 2 is 1.97 bits per heavy atom. The molecule has 2 heterocycles. The smallest absolute Gasteiger partial charge is 0.352 e. The van der Waals surface area contributed by atoms with Crippen molar-refractivity contribution in [3.63, 3.8) is 0 Å². The van der Waals surface area contributed by atoms with E-state index < -0.39 is 34.7 Å². The molecule has 2 aromatic rings. The van der Waals surface area contributed by atoms with E-state index in [2.05, 4.69) is 10.4 Å². The Balaban J connectivity index is 2.11. The normalized spacial score (nSPS) is 22.9. The summed E-state index contributed by atoms with van der Waals surface area (Å²) in [5.74, 6) is -3.89. The molecule has 2 aliphatic rings. The molecule has 0 saturated heterocycles. The quantitative estimate of drug-likeness (QED) is 0.700. The Morgan fingerprint density at radius 3 is 2.60 bits per heavy atom. The van der Waals surface area contributed by atoms with Crippen LogP contribution in [0.25, 0.3) is 0 Å². The van der Waals surface area contributed by atoms with Gasteiger partial charge in [-0.05, 0) is 39.0 Å². The highest BCUT2D eigenvalue weighted by Gasteiger charge is 2.65. The summed E-state index contributed by atoms with van der Waals surface area (Å²) in [6.45, 7) is 5.40. The van der Waals surface area contributed by atoms with Gasteiger partial charge in [-0.2, -0.15) is 5.10 Å². The molecule has 1 amide bonds. The molecule has 0 aromatic heterocycles. The van der Waals surface area contributed by atoms with Crippen LogP contribution < -0.4 is 5.32 Å². The molecule has 0 aliphatic carbocycles. The number of fused-ring (bicyclic) bond motifs is 2. The standard InChI is InChI=1S/C21H18Cl2FN3O3/c1-20(2,3)27-21(12-8-7-10(22)9-14(12)25-19(21)30)15(17(26-27)18(28)29)11-5-4-6-13(23)16(11)24/h4-9,15H,1-3H3,(H,25,30)(H,28,29). The lowest BCUT2D eigenvalue weighted by atomic mass is 9.72. The maximum Gasteiger partial charge on any atom is 0.352 e. The van der Waals surface area contributed by atoms with Crippen LogP contribution in [0.3, 0.4) is 0 Å². The average Bonchev–Trinajstić information content (AvgIpc) is 3.14. The summed E-state index contributed by atoms with van der Waals surface area (Å²) < 4.78 is 15.2. The van der Waals surface area contributed by atoms with Crippen molar-refractivity contribution in [2.45, 2.75) is 37.8 Å². The van der Waals surface area contributed by atoms with E-state index in [-0.39, 0.29) is 16.3 Å². The predicted molar refractivity (Wildman–Crippen MR) is 113 cm³/mol. The molecule has 2 unspecified atom stereocenters. The minimum atomic E-state index is -1.63. The maximum atomic E-state index is 15.2. The number of nitrogens with one attached hydrogen (secondary N) is 1. The third-order valence-electron chi connectivity index (χ3n) is 5.37. The summed E-state index contributed by atoms with van der Waals surface area (Å²) in [5.41, 5.74) is -1.87. The van der Waals surface area contributed by atoms with Crippen molar-refractivity contribution in [1.82, 2.24) is 5.01 Å². The van der Waals surface area contributed by atoms with Crippen LogP contribution in [0.15, 0.2) is 41.5 Å². The molecule has 6 nitrogen and oxygen atoms in total. The van der Waals surface area contributed by atoms with Crippen molar-refractivity contribution in [2.24, 2.45) is 5.10 Å². The number of hydrogen-bond acceptors (Lipinski definition) is 4. The van der Waals surface area contributed by atoms with Crippen molar-refractivity contribution >= 4 is 46.5 Å². The van der Waals surface area contributed by atoms with E-state index in [0.717, 1.165) is 0 Å². The van der Waals surface area contributed by atoms with E-state index in [0.29, 0.717) is 16.3 Å². The molecule has 2 aliphatic heterocycles. The van der Waals surface area contributed by atoms with Gasteiger partial charge in [-0.1, -0.05) is 41.4 Å². The van der Waals surface area contributed by atoms with Gasteiger partial charge in [0.25, 0.3) is 5.91 Å². The van der Waals surface area contributed by atoms with Crippen molar-refractivity contribution in [2.75, 3.05) is 5.32 Å². The number of aliphatic carboxylic acids is 1. The zero-order chi connectivity index (χ0) is 22.0. The number of carbonyl (C=O) groups is 2. The van der Waals surface area contributed by atoms with Crippen LogP contribution >= 0.6 is 23.2 Å². The minimum absolute atomic E-state index is 0.0200. The van der Waals surface area contributed by atoms with E-state index in [1.54, 1.807) is 39.0 Å². The fourth-order valence-electron chi connectivity index (χ4n) is 4.31.